The van der Waals surface area contributed by atoms with Gasteiger partial charge in [-0.3, -0.25) is 9.59 Å². The summed E-state index contributed by atoms with van der Waals surface area (Å²) in [7, 11) is 3.93. The first-order chi connectivity index (χ1) is 21.1. The van der Waals surface area contributed by atoms with Crippen LogP contribution in [0.15, 0.2) is 71.3 Å². The fourth-order valence-electron chi connectivity index (χ4n) is 6.43. The molecule has 1 amide bonds. The number of fused-ring (bicyclic) bond motifs is 1. The van der Waals surface area contributed by atoms with E-state index in [4.69, 9.17) is 0 Å². The Bertz CT molecular complexity index is 1690. The molecule has 0 unspecified atom stereocenters. The minimum absolute atomic E-state index is 0.0760. The Hall–Kier alpha value is -3.98. The molecule has 44 heavy (non-hydrogen) atoms. The molecule has 4 aromatic rings. The van der Waals surface area contributed by atoms with Crippen LogP contribution in [0.2, 0.25) is 0 Å². The lowest BCUT2D eigenvalue weighted by molar-refractivity contribution is 0.0906. The van der Waals surface area contributed by atoms with Crippen molar-refractivity contribution in [3.63, 3.8) is 0 Å². The topological polar surface area (TPSA) is 92.2 Å². The maximum absolute atomic E-state index is 13.5. The van der Waals surface area contributed by atoms with Gasteiger partial charge in [-0.2, -0.15) is 4.98 Å². The Balaban J connectivity index is 1.20. The monoisotopic (exact) mass is 654 g/mol. The lowest BCUT2D eigenvalue weighted by Gasteiger charge is -2.30. The quantitative estimate of drug-likeness (QED) is 0.221. The molecule has 6 rings (SSSR count). The van der Waals surface area contributed by atoms with E-state index in [1.807, 2.05) is 67.5 Å². The summed E-state index contributed by atoms with van der Waals surface area (Å²) in [6, 6.07) is 20.2. The second-order valence-electron chi connectivity index (χ2n) is 13.0. The number of carbonyl (C=O) groups is 2. The van der Waals surface area contributed by atoms with Gasteiger partial charge < -0.3 is 20.1 Å². The molecule has 228 valence electrons. The molecule has 0 aliphatic heterocycles. The molecule has 2 aromatic heterocycles. The molecule has 8 nitrogen and oxygen atoms in total. The van der Waals surface area contributed by atoms with Crippen LogP contribution in [0.25, 0.3) is 16.9 Å². The highest BCUT2D eigenvalue weighted by Gasteiger charge is 2.35. The number of carbonyl (C=O) groups excluding carboxylic acids is 2. The van der Waals surface area contributed by atoms with Gasteiger partial charge in [0.2, 0.25) is 5.95 Å². The van der Waals surface area contributed by atoms with Crippen LogP contribution in [0.5, 0.6) is 0 Å². The predicted octanol–water partition coefficient (Wildman–Crippen LogP) is 7.07. The van der Waals surface area contributed by atoms with Gasteiger partial charge >= 0.3 is 0 Å². The normalized spacial score (nSPS) is 19.2. The molecule has 0 radical (unpaired) electrons. The minimum Gasteiger partial charge on any atom is -0.363 e. The molecule has 0 spiro atoms. The van der Waals surface area contributed by atoms with Crippen LogP contribution >= 0.6 is 15.9 Å². The van der Waals surface area contributed by atoms with Crippen molar-refractivity contribution in [3.05, 3.63) is 88.2 Å². The van der Waals surface area contributed by atoms with Crippen LogP contribution in [0.1, 0.15) is 72.4 Å². The van der Waals surface area contributed by atoms with Crippen LogP contribution in [0.3, 0.4) is 0 Å². The number of nitrogens with zero attached hydrogens (tertiary/aromatic N) is 4. The standard InChI is InChI=1S/C35H39BrN6O2/c1-35(2)20-30-28(31(43)21-35)19-29(22-8-10-24(36)11-9-22)42(30)27-7-5-6-23(18-27)33(44)38-25-12-14-26(15-13-25)39-34-37-17-16-32(40-34)41(3)4/h5-11,16-19,25-26H,12-15,20-21H2,1-4H3,(H,38,44)(H,37,39,40)/t25-,26+. The van der Waals surface area contributed by atoms with E-state index in [1.54, 1.807) is 6.20 Å². The highest BCUT2D eigenvalue weighted by atomic mass is 79.9. The summed E-state index contributed by atoms with van der Waals surface area (Å²) in [5.74, 6) is 1.60. The summed E-state index contributed by atoms with van der Waals surface area (Å²) in [4.78, 5) is 37.7. The summed E-state index contributed by atoms with van der Waals surface area (Å²) < 4.78 is 3.18. The summed E-state index contributed by atoms with van der Waals surface area (Å²) in [5.41, 5.74) is 5.12. The van der Waals surface area contributed by atoms with Crippen molar-refractivity contribution in [2.75, 3.05) is 24.3 Å². The van der Waals surface area contributed by atoms with E-state index in [9.17, 15) is 9.59 Å². The van der Waals surface area contributed by atoms with Crippen molar-refractivity contribution in [2.45, 2.75) is 64.5 Å². The summed E-state index contributed by atoms with van der Waals surface area (Å²) >= 11 is 3.54. The average molecular weight is 656 g/mol. The van der Waals surface area contributed by atoms with E-state index < -0.39 is 0 Å². The lowest BCUT2D eigenvalue weighted by atomic mass is 9.76. The smallest absolute Gasteiger partial charge is 0.251 e. The van der Waals surface area contributed by atoms with Crippen LogP contribution in [0.4, 0.5) is 11.8 Å². The van der Waals surface area contributed by atoms with Gasteiger partial charge in [-0.1, -0.05) is 48.0 Å². The fourth-order valence-corrected chi connectivity index (χ4v) is 6.69. The van der Waals surface area contributed by atoms with Crippen LogP contribution in [-0.4, -0.2) is 52.4 Å². The van der Waals surface area contributed by atoms with Crippen molar-refractivity contribution in [2.24, 2.45) is 5.41 Å². The van der Waals surface area contributed by atoms with Crippen molar-refractivity contribution >= 4 is 39.4 Å². The van der Waals surface area contributed by atoms with Crippen molar-refractivity contribution in [3.8, 4) is 16.9 Å². The van der Waals surface area contributed by atoms with Gasteiger partial charge in [0.25, 0.3) is 5.91 Å². The summed E-state index contributed by atoms with van der Waals surface area (Å²) in [6.45, 7) is 4.29. The maximum Gasteiger partial charge on any atom is 0.251 e. The first-order valence-electron chi connectivity index (χ1n) is 15.3. The summed E-state index contributed by atoms with van der Waals surface area (Å²) in [5, 5.41) is 6.75. The van der Waals surface area contributed by atoms with E-state index in [0.717, 1.165) is 70.6 Å². The third-order valence-electron chi connectivity index (χ3n) is 8.69. The predicted molar refractivity (Wildman–Crippen MR) is 179 cm³/mol. The largest absolute Gasteiger partial charge is 0.363 e. The average Bonchev–Trinajstić information content (AvgIpc) is 3.37. The zero-order chi connectivity index (χ0) is 31.0. The number of aromatic nitrogens is 3. The number of ketones is 1. The Kier molecular flexibility index (Phi) is 8.33. The second-order valence-corrected chi connectivity index (χ2v) is 13.9. The van der Waals surface area contributed by atoms with E-state index >= 15 is 0 Å². The molecular weight excluding hydrogens is 616 g/mol. The third-order valence-corrected chi connectivity index (χ3v) is 9.22. The summed E-state index contributed by atoms with van der Waals surface area (Å²) in [6.07, 6.45) is 6.70. The van der Waals surface area contributed by atoms with E-state index in [1.165, 1.54) is 0 Å². The molecule has 1 saturated carbocycles. The number of halogens is 1. The number of hydrogen-bond donors (Lipinski definition) is 2. The third kappa shape index (κ3) is 6.43. The number of Topliss-reactive ketones (excluding diaryl/α,β-unsaturated/α-hetero) is 1. The highest BCUT2D eigenvalue weighted by Crippen LogP contribution is 2.40. The van der Waals surface area contributed by atoms with Gasteiger partial charge in [0.15, 0.2) is 5.78 Å². The molecule has 0 atom stereocenters. The van der Waals surface area contributed by atoms with E-state index in [2.05, 4.69) is 67.1 Å². The molecule has 0 saturated heterocycles. The first kappa shape index (κ1) is 30.1. The highest BCUT2D eigenvalue weighted by molar-refractivity contribution is 9.10. The molecule has 2 aromatic carbocycles. The number of hydrogen-bond acceptors (Lipinski definition) is 6. The Morgan fingerprint density at radius 1 is 0.977 bits per heavy atom. The Labute approximate surface area is 267 Å². The van der Waals surface area contributed by atoms with Crippen LogP contribution in [-0.2, 0) is 6.42 Å². The van der Waals surface area contributed by atoms with Crippen molar-refractivity contribution in [1.29, 1.82) is 0 Å². The minimum atomic E-state index is -0.138. The van der Waals surface area contributed by atoms with Gasteiger partial charge in [-0.25, -0.2) is 4.98 Å². The van der Waals surface area contributed by atoms with E-state index in [-0.39, 0.29) is 29.2 Å². The number of benzene rings is 2. The molecule has 2 heterocycles. The molecule has 2 aliphatic carbocycles. The lowest BCUT2D eigenvalue weighted by Crippen LogP contribution is -2.40. The molecule has 9 heteroatoms. The first-order valence-corrected chi connectivity index (χ1v) is 16.1. The zero-order valence-electron chi connectivity index (χ0n) is 25.7. The van der Waals surface area contributed by atoms with Crippen molar-refractivity contribution in [1.82, 2.24) is 19.9 Å². The molecule has 0 bridgehead atoms. The molecule has 2 aliphatic rings. The number of rotatable bonds is 7. The maximum atomic E-state index is 13.5. The number of amides is 1. The van der Waals surface area contributed by atoms with Gasteiger partial charge in [0.05, 0.1) is 5.69 Å². The number of anilines is 2. The molecular formula is C35H39BrN6O2. The Morgan fingerprint density at radius 2 is 1.70 bits per heavy atom. The van der Waals surface area contributed by atoms with Crippen LogP contribution < -0.4 is 15.5 Å². The Morgan fingerprint density at radius 3 is 2.43 bits per heavy atom. The number of nitrogens with one attached hydrogen (secondary N) is 2. The van der Waals surface area contributed by atoms with Crippen molar-refractivity contribution < 1.29 is 9.59 Å². The van der Waals surface area contributed by atoms with Crippen LogP contribution in [0, 0.1) is 5.41 Å². The molecule has 2 N–H and O–H groups in total. The zero-order valence-corrected chi connectivity index (χ0v) is 27.3. The molecule has 1 fully saturated rings. The fraction of sp³-hybridized carbons (Fsp3) is 0.371. The van der Waals surface area contributed by atoms with Gasteiger partial charge in [-0.05, 0) is 85.5 Å². The van der Waals surface area contributed by atoms with Gasteiger partial charge in [0.1, 0.15) is 5.82 Å². The second kappa shape index (κ2) is 12.2. The van der Waals surface area contributed by atoms with Gasteiger partial charge in [0, 0.05) is 65.8 Å². The van der Waals surface area contributed by atoms with E-state index in [0.29, 0.717) is 17.9 Å². The van der Waals surface area contributed by atoms with Gasteiger partial charge in [-0.15, -0.1) is 0 Å². The SMILES string of the molecule is CN(C)c1ccnc(N[C@H]2CC[C@@H](NC(=O)c3cccc(-n4c(-c5ccc(Br)cc5)cc5c4CC(C)(C)CC5=O)c3)CC2)n1.